The quantitative estimate of drug-likeness (QED) is 0.766. The summed E-state index contributed by atoms with van der Waals surface area (Å²) in [5, 5.41) is 0. The van der Waals surface area contributed by atoms with Gasteiger partial charge in [0.1, 0.15) is 6.61 Å². The van der Waals surface area contributed by atoms with Crippen molar-refractivity contribution in [2.24, 2.45) is 0 Å². The maximum Gasteiger partial charge on any atom is 0.189 e. The minimum absolute atomic E-state index is 0.0518. The van der Waals surface area contributed by atoms with E-state index in [1.807, 2.05) is 63.2 Å². The molecule has 0 spiro atoms. The van der Waals surface area contributed by atoms with E-state index in [1.165, 1.54) is 5.56 Å². The van der Waals surface area contributed by atoms with Crippen LogP contribution < -0.4 is 0 Å². The second-order valence-electron chi connectivity index (χ2n) is 5.18. The third-order valence-corrected chi connectivity index (χ3v) is 3.30. The molecule has 0 aliphatic carbocycles. The second-order valence-corrected chi connectivity index (χ2v) is 5.18. The van der Waals surface area contributed by atoms with E-state index in [4.69, 9.17) is 4.74 Å². The van der Waals surface area contributed by atoms with Crippen LogP contribution in [0.15, 0.2) is 42.5 Å². The molecule has 2 rings (SSSR count). The van der Waals surface area contributed by atoms with Gasteiger partial charge in [-0.15, -0.1) is 0 Å². The third kappa shape index (κ3) is 3.55. The topological polar surface area (TPSA) is 26.3 Å². The van der Waals surface area contributed by atoms with Gasteiger partial charge in [0, 0.05) is 5.56 Å². The molecule has 2 heteroatoms. The zero-order valence-corrected chi connectivity index (χ0v) is 12.3. The average Bonchev–Trinajstić information content (AvgIpc) is 2.38. The molecule has 0 saturated heterocycles. The fourth-order valence-corrected chi connectivity index (χ4v) is 2.53. The van der Waals surface area contributed by atoms with E-state index in [1.54, 1.807) is 0 Å². The van der Waals surface area contributed by atoms with Crippen LogP contribution in [-0.4, -0.2) is 12.4 Å². The molecule has 2 aromatic rings. The molecule has 0 bridgehead atoms. The van der Waals surface area contributed by atoms with E-state index in [0.717, 1.165) is 22.3 Å². The summed E-state index contributed by atoms with van der Waals surface area (Å²) in [5.74, 6) is 0.0518. The second kappa shape index (κ2) is 6.49. The van der Waals surface area contributed by atoms with Crippen molar-refractivity contribution in [3.05, 3.63) is 70.3 Å². The molecule has 20 heavy (non-hydrogen) atoms. The first-order chi connectivity index (χ1) is 9.58. The molecule has 0 fully saturated rings. The Hall–Kier alpha value is -1.93. The summed E-state index contributed by atoms with van der Waals surface area (Å²) < 4.78 is 5.53. The molecule has 0 atom stereocenters. The van der Waals surface area contributed by atoms with E-state index in [9.17, 15) is 4.79 Å². The Bertz CT molecular complexity index is 577. The molecule has 0 saturated carbocycles. The average molecular weight is 268 g/mol. The van der Waals surface area contributed by atoms with Crippen LogP contribution in [0.4, 0.5) is 0 Å². The van der Waals surface area contributed by atoms with Crippen LogP contribution in [0, 0.1) is 20.8 Å². The van der Waals surface area contributed by atoms with Crippen molar-refractivity contribution < 1.29 is 9.53 Å². The predicted molar refractivity (Wildman–Crippen MR) is 81.1 cm³/mol. The SMILES string of the molecule is Cc1cc(C)c(C(=O)COCc2ccccc2)c(C)c1. The first-order valence-corrected chi connectivity index (χ1v) is 6.80. The monoisotopic (exact) mass is 268 g/mol. The van der Waals surface area contributed by atoms with Crippen LogP contribution >= 0.6 is 0 Å². The zero-order valence-electron chi connectivity index (χ0n) is 12.3. The zero-order chi connectivity index (χ0) is 14.5. The van der Waals surface area contributed by atoms with Crippen LogP contribution in [0.3, 0.4) is 0 Å². The van der Waals surface area contributed by atoms with Gasteiger partial charge in [-0.3, -0.25) is 4.79 Å². The summed E-state index contributed by atoms with van der Waals surface area (Å²) >= 11 is 0. The highest BCUT2D eigenvalue weighted by Gasteiger charge is 2.12. The van der Waals surface area contributed by atoms with Gasteiger partial charge in [0.25, 0.3) is 0 Å². The van der Waals surface area contributed by atoms with Gasteiger partial charge in [0.15, 0.2) is 5.78 Å². The van der Waals surface area contributed by atoms with Gasteiger partial charge in [0.05, 0.1) is 6.61 Å². The van der Waals surface area contributed by atoms with Crippen molar-refractivity contribution in [3.63, 3.8) is 0 Å². The Kier molecular flexibility index (Phi) is 4.70. The van der Waals surface area contributed by atoms with Gasteiger partial charge in [-0.05, 0) is 37.5 Å². The molecule has 0 unspecified atom stereocenters. The minimum Gasteiger partial charge on any atom is -0.369 e. The largest absolute Gasteiger partial charge is 0.369 e. The molecule has 0 aliphatic rings. The standard InChI is InChI=1S/C18H20O2/c1-13-9-14(2)18(15(3)10-13)17(19)12-20-11-16-7-5-4-6-8-16/h4-10H,11-12H2,1-3H3. The van der Waals surface area contributed by atoms with Crippen LogP contribution in [-0.2, 0) is 11.3 Å². The van der Waals surface area contributed by atoms with Crippen LogP contribution in [0.1, 0.15) is 32.6 Å². The highest BCUT2D eigenvalue weighted by Crippen LogP contribution is 2.17. The number of rotatable bonds is 5. The molecular formula is C18H20O2. The van der Waals surface area contributed by atoms with Crippen LogP contribution in [0.2, 0.25) is 0 Å². The molecule has 0 aliphatic heterocycles. The summed E-state index contributed by atoms with van der Waals surface area (Å²) in [5.41, 5.74) is 5.11. The molecule has 0 heterocycles. The fourth-order valence-electron chi connectivity index (χ4n) is 2.53. The maximum atomic E-state index is 12.3. The van der Waals surface area contributed by atoms with E-state index in [0.29, 0.717) is 6.61 Å². The predicted octanol–water partition coefficient (Wildman–Crippen LogP) is 4.01. The molecule has 104 valence electrons. The van der Waals surface area contributed by atoms with Crippen molar-refractivity contribution in [3.8, 4) is 0 Å². The maximum absolute atomic E-state index is 12.3. The van der Waals surface area contributed by atoms with E-state index in [-0.39, 0.29) is 12.4 Å². The number of ether oxygens (including phenoxy) is 1. The molecular weight excluding hydrogens is 248 g/mol. The number of ketones is 1. The summed E-state index contributed by atoms with van der Waals surface area (Å²) in [6.45, 7) is 6.59. The van der Waals surface area contributed by atoms with E-state index < -0.39 is 0 Å². The molecule has 2 nitrogen and oxygen atoms in total. The van der Waals surface area contributed by atoms with Crippen molar-refractivity contribution in [2.75, 3.05) is 6.61 Å². The molecule has 0 N–H and O–H groups in total. The third-order valence-electron chi connectivity index (χ3n) is 3.30. The molecule has 0 amide bonds. The van der Waals surface area contributed by atoms with Gasteiger partial charge in [-0.1, -0.05) is 48.0 Å². The lowest BCUT2D eigenvalue weighted by molar-refractivity contribution is 0.0725. The van der Waals surface area contributed by atoms with E-state index in [2.05, 4.69) is 0 Å². The Labute approximate surface area is 120 Å². The van der Waals surface area contributed by atoms with Gasteiger partial charge < -0.3 is 4.74 Å². The highest BCUT2D eigenvalue weighted by molar-refractivity contribution is 5.99. The Morgan fingerprint density at radius 1 is 1.00 bits per heavy atom. The number of carbonyl (C=O) groups is 1. The van der Waals surface area contributed by atoms with Gasteiger partial charge in [-0.2, -0.15) is 0 Å². The highest BCUT2D eigenvalue weighted by atomic mass is 16.5. The molecule has 0 aromatic heterocycles. The van der Waals surface area contributed by atoms with Crippen molar-refractivity contribution in [1.29, 1.82) is 0 Å². The summed E-state index contributed by atoms with van der Waals surface area (Å²) in [4.78, 5) is 12.3. The van der Waals surface area contributed by atoms with E-state index >= 15 is 0 Å². The van der Waals surface area contributed by atoms with Gasteiger partial charge in [0.2, 0.25) is 0 Å². The number of hydrogen-bond acceptors (Lipinski definition) is 2. The number of aryl methyl sites for hydroxylation is 3. The lowest BCUT2D eigenvalue weighted by Gasteiger charge is -2.10. The lowest BCUT2D eigenvalue weighted by atomic mass is 9.97. The van der Waals surface area contributed by atoms with Crippen molar-refractivity contribution >= 4 is 5.78 Å². The van der Waals surface area contributed by atoms with Crippen molar-refractivity contribution in [1.82, 2.24) is 0 Å². The first-order valence-electron chi connectivity index (χ1n) is 6.80. The minimum atomic E-state index is 0.0518. The number of hydrogen-bond donors (Lipinski definition) is 0. The summed E-state index contributed by atoms with van der Waals surface area (Å²) in [6.07, 6.45) is 0. The number of Topliss-reactive ketones (excluding diaryl/α,β-unsaturated/α-hetero) is 1. The van der Waals surface area contributed by atoms with Gasteiger partial charge >= 0.3 is 0 Å². The molecule has 2 aromatic carbocycles. The molecule has 0 radical (unpaired) electrons. The smallest absolute Gasteiger partial charge is 0.189 e. The fraction of sp³-hybridized carbons (Fsp3) is 0.278. The number of carbonyl (C=O) groups excluding carboxylic acids is 1. The Morgan fingerprint density at radius 3 is 2.20 bits per heavy atom. The Morgan fingerprint density at radius 2 is 1.60 bits per heavy atom. The summed E-state index contributed by atoms with van der Waals surface area (Å²) in [7, 11) is 0. The van der Waals surface area contributed by atoms with Gasteiger partial charge in [-0.25, -0.2) is 0 Å². The normalized spacial score (nSPS) is 10.6. The number of benzene rings is 2. The first kappa shape index (κ1) is 14.5. The Balaban J connectivity index is 1.99. The van der Waals surface area contributed by atoms with Crippen LogP contribution in [0.25, 0.3) is 0 Å². The van der Waals surface area contributed by atoms with Crippen LogP contribution in [0.5, 0.6) is 0 Å². The summed E-state index contributed by atoms with van der Waals surface area (Å²) in [6, 6.07) is 14.0. The van der Waals surface area contributed by atoms with Crippen molar-refractivity contribution in [2.45, 2.75) is 27.4 Å². The lowest BCUT2D eigenvalue weighted by Crippen LogP contribution is -2.12.